The van der Waals surface area contributed by atoms with Crippen molar-refractivity contribution in [1.29, 1.82) is 0 Å². The second-order valence-electron chi connectivity index (χ2n) is 4.98. The van der Waals surface area contributed by atoms with Crippen LogP contribution in [-0.4, -0.2) is 26.7 Å². The highest BCUT2D eigenvalue weighted by Gasteiger charge is 2.06. The van der Waals surface area contributed by atoms with Crippen LogP contribution in [0.1, 0.15) is 5.56 Å². The van der Waals surface area contributed by atoms with Crippen LogP contribution in [0.15, 0.2) is 36.4 Å². The lowest BCUT2D eigenvalue weighted by Crippen LogP contribution is -2.29. The highest BCUT2D eigenvalue weighted by atomic mass is 35.5. The quantitative estimate of drug-likeness (QED) is 0.781. The van der Waals surface area contributed by atoms with Crippen LogP contribution in [0.5, 0.6) is 11.5 Å². The lowest BCUT2D eigenvalue weighted by Gasteiger charge is -2.11. The summed E-state index contributed by atoms with van der Waals surface area (Å²) in [6, 6.07) is 10.5. The summed E-state index contributed by atoms with van der Waals surface area (Å²) in [7, 11) is 3.15. The average Bonchev–Trinajstić information content (AvgIpc) is 2.57. The Morgan fingerprint density at radius 1 is 1.00 bits per heavy atom. The zero-order valence-electron chi connectivity index (χ0n) is 13.4. The van der Waals surface area contributed by atoms with E-state index in [0.717, 1.165) is 5.56 Å². The van der Waals surface area contributed by atoms with Crippen molar-refractivity contribution in [2.45, 2.75) is 6.54 Å². The Morgan fingerprint density at radius 3 is 2.29 bits per heavy atom. The maximum Gasteiger partial charge on any atom is 0.239 e. The number of rotatable bonds is 7. The molecular formula is C17H18Cl2N2O3. The molecule has 128 valence electrons. The second-order valence-corrected chi connectivity index (χ2v) is 5.85. The van der Waals surface area contributed by atoms with Gasteiger partial charge in [-0.2, -0.15) is 0 Å². The third-order valence-corrected chi connectivity index (χ3v) is 3.69. The van der Waals surface area contributed by atoms with Crippen molar-refractivity contribution in [3.63, 3.8) is 0 Å². The van der Waals surface area contributed by atoms with Crippen molar-refractivity contribution < 1.29 is 14.3 Å². The molecule has 5 nitrogen and oxygen atoms in total. The molecule has 0 aromatic heterocycles. The van der Waals surface area contributed by atoms with Crippen molar-refractivity contribution >= 4 is 34.8 Å². The Morgan fingerprint density at radius 2 is 1.67 bits per heavy atom. The molecule has 0 aliphatic heterocycles. The first-order chi connectivity index (χ1) is 11.5. The van der Waals surface area contributed by atoms with Crippen molar-refractivity contribution in [3.05, 3.63) is 52.0 Å². The molecule has 2 aromatic rings. The molecule has 0 unspecified atom stereocenters. The van der Waals surface area contributed by atoms with Crippen LogP contribution in [0.2, 0.25) is 10.0 Å². The van der Waals surface area contributed by atoms with E-state index in [1.165, 1.54) is 0 Å². The minimum atomic E-state index is -0.152. The average molecular weight is 369 g/mol. The molecule has 0 bridgehead atoms. The first-order valence-corrected chi connectivity index (χ1v) is 7.95. The summed E-state index contributed by atoms with van der Waals surface area (Å²) in [6.45, 7) is 0.501. The van der Waals surface area contributed by atoms with Crippen LogP contribution in [0.3, 0.4) is 0 Å². The number of halogens is 2. The van der Waals surface area contributed by atoms with E-state index in [1.54, 1.807) is 38.5 Å². The van der Waals surface area contributed by atoms with Gasteiger partial charge in [-0.3, -0.25) is 4.79 Å². The third kappa shape index (κ3) is 5.22. The SMILES string of the molecule is COc1ccc(CNC(=O)CNc2cc(Cl)cc(Cl)c2)cc1OC. The topological polar surface area (TPSA) is 59.6 Å². The minimum absolute atomic E-state index is 0.115. The lowest BCUT2D eigenvalue weighted by atomic mass is 10.2. The van der Waals surface area contributed by atoms with Crippen LogP contribution >= 0.6 is 23.2 Å². The Hall–Kier alpha value is -2.11. The summed E-state index contributed by atoms with van der Waals surface area (Å²) in [6.07, 6.45) is 0. The predicted molar refractivity (Wildman–Crippen MR) is 96.3 cm³/mol. The van der Waals surface area contributed by atoms with Gasteiger partial charge >= 0.3 is 0 Å². The van der Waals surface area contributed by atoms with Crippen LogP contribution in [0, 0.1) is 0 Å². The van der Waals surface area contributed by atoms with Crippen molar-refractivity contribution in [2.75, 3.05) is 26.1 Å². The summed E-state index contributed by atoms with van der Waals surface area (Å²) in [5, 5.41) is 6.82. The fourth-order valence-corrected chi connectivity index (χ4v) is 2.62. The predicted octanol–water partition coefficient (Wildman–Crippen LogP) is 3.74. The van der Waals surface area contributed by atoms with Gasteiger partial charge in [0.2, 0.25) is 5.91 Å². The standard InChI is InChI=1S/C17H18Cl2N2O3/c1-23-15-4-3-11(5-16(15)24-2)9-21-17(22)10-20-14-7-12(18)6-13(19)8-14/h3-8,20H,9-10H2,1-2H3,(H,21,22). The lowest BCUT2D eigenvalue weighted by molar-refractivity contribution is -0.119. The van der Waals surface area contributed by atoms with Gasteiger partial charge in [-0.25, -0.2) is 0 Å². The number of nitrogens with one attached hydrogen (secondary N) is 2. The number of anilines is 1. The normalized spacial score (nSPS) is 10.2. The number of hydrogen-bond donors (Lipinski definition) is 2. The molecule has 24 heavy (non-hydrogen) atoms. The van der Waals surface area contributed by atoms with Gasteiger partial charge in [0.05, 0.1) is 20.8 Å². The number of amides is 1. The van der Waals surface area contributed by atoms with Crippen molar-refractivity contribution in [3.8, 4) is 11.5 Å². The molecule has 0 atom stereocenters. The number of hydrogen-bond acceptors (Lipinski definition) is 4. The molecule has 0 saturated heterocycles. The van der Waals surface area contributed by atoms with Gasteiger partial charge in [0.25, 0.3) is 0 Å². The molecule has 1 amide bonds. The van der Waals surface area contributed by atoms with Gasteiger partial charge in [0, 0.05) is 22.3 Å². The zero-order valence-corrected chi connectivity index (χ0v) is 14.9. The Labute approximate surface area is 150 Å². The van der Waals surface area contributed by atoms with Gasteiger partial charge in [0.15, 0.2) is 11.5 Å². The van der Waals surface area contributed by atoms with Crippen LogP contribution in [0.25, 0.3) is 0 Å². The fraction of sp³-hybridized carbons (Fsp3) is 0.235. The molecule has 0 fully saturated rings. The van der Waals surface area contributed by atoms with Crippen LogP contribution < -0.4 is 20.1 Å². The molecule has 0 heterocycles. The molecule has 0 radical (unpaired) electrons. The van der Waals surface area contributed by atoms with Crippen molar-refractivity contribution in [2.24, 2.45) is 0 Å². The first-order valence-electron chi connectivity index (χ1n) is 7.19. The number of ether oxygens (including phenoxy) is 2. The van der Waals surface area contributed by atoms with E-state index in [0.29, 0.717) is 33.8 Å². The summed E-state index contributed by atoms with van der Waals surface area (Å²) >= 11 is 11.8. The van der Waals surface area contributed by atoms with Gasteiger partial charge in [0.1, 0.15) is 0 Å². The summed E-state index contributed by atoms with van der Waals surface area (Å²) in [4.78, 5) is 11.9. The first kappa shape index (κ1) is 18.2. The molecule has 2 rings (SSSR count). The van der Waals surface area contributed by atoms with E-state index in [4.69, 9.17) is 32.7 Å². The van der Waals surface area contributed by atoms with Crippen molar-refractivity contribution in [1.82, 2.24) is 5.32 Å². The molecule has 7 heteroatoms. The van der Waals surface area contributed by atoms with E-state index in [9.17, 15) is 4.79 Å². The molecular weight excluding hydrogens is 351 g/mol. The highest BCUT2D eigenvalue weighted by molar-refractivity contribution is 6.35. The molecule has 0 aliphatic rings. The summed E-state index contributed by atoms with van der Waals surface area (Å²) in [5.74, 6) is 1.11. The molecule has 0 spiro atoms. The van der Waals surface area contributed by atoms with Crippen LogP contribution in [-0.2, 0) is 11.3 Å². The maximum atomic E-state index is 11.9. The summed E-state index contributed by atoms with van der Waals surface area (Å²) < 4.78 is 10.4. The largest absolute Gasteiger partial charge is 0.493 e. The summed E-state index contributed by atoms with van der Waals surface area (Å²) in [5.41, 5.74) is 1.60. The monoisotopic (exact) mass is 368 g/mol. The number of carbonyl (C=O) groups is 1. The zero-order chi connectivity index (χ0) is 17.5. The van der Waals surface area contributed by atoms with Gasteiger partial charge in [-0.15, -0.1) is 0 Å². The Balaban J connectivity index is 1.87. The van der Waals surface area contributed by atoms with E-state index >= 15 is 0 Å². The van der Waals surface area contributed by atoms with E-state index < -0.39 is 0 Å². The van der Waals surface area contributed by atoms with Gasteiger partial charge in [-0.05, 0) is 35.9 Å². The maximum absolute atomic E-state index is 11.9. The smallest absolute Gasteiger partial charge is 0.239 e. The highest BCUT2D eigenvalue weighted by Crippen LogP contribution is 2.27. The van der Waals surface area contributed by atoms with E-state index in [1.807, 2.05) is 12.1 Å². The number of carbonyl (C=O) groups excluding carboxylic acids is 1. The molecule has 0 aliphatic carbocycles. The Bertz CT molecular complexity index is 703. The third-order valence-electron chi connectivity index (χ3n) is 3.25. The molecule has 2 N–H and O–H groups in total. The molecule has 0 saturated carbocycles. The Kier molecular flexibility index (Phi) is 6.58. The van der Waals surface area contributed by atoms with E-state index in [-0.39, 0.29) is 12.5 Å². The van der Waals surface area contributed by atoms with Crippen LogP contribution in [0.4, 0.5) is 5.69 Å². The van der Waals surface area contributed by atoms with Gasteiger partial charge in [-0.1, -0.05) is 29.3 Å². The molecule has 2 aromatic carbocycles. The van der Waals surface area contributed by atoms with E-state index in [2.05, 4.69) is 10.6 Å². The fourth-order valence-electron chi connectivity index (χ4n) is 2.09. The second kappa shape index (κ2) is 8.66. The number of benzene rings is 2. The number of methoxy groups -OCH3 is 2. The van der Waals surface area contributed by atoms with Gasteiger partial charge < -0.3 is 20.1 Å². The minimum Gasteiger partial charge on any atom is -0.493 e.